The van der Waals surface area contributed by atoms with Gasteiger partial charge in [0, 0.05) is 0 Å². The average Bonchev–Trinajstić information content (AvgIpc) is 2.71. The van der Waals surface area contributed by atoms with Crippen LogP contribution in [0.3, 0.4) is 0 Å². The minimum Gasteiger partial charge on any atom is -0.348 e. The zero-order valence-electron chi connectivity index (χ0n) is 17.4. The van der Waals surface area contributed by atoms with Gasteiger partial charge in [-0.15, -0.1) is 0 Å². The summed E-state index contributed by atoms with van der Waals surface area (Å²) in [7, 11) is -3.78. The first kappa shape index (κ1) is 23.4. The van der Waals surface area contributed by atoms with Crippen LogP contribution in [-0.2, 0) is 21.2 Å². The van der Waals surface area contributed by atoms with Gasteiger partial charge < -0.3 is 5.32 Å². The van der Waals surface area contributed by atoms with Gasteiger partial charge in [-0.05, 0) is 62.0 Å². The molecule has 7 heteroatoms. The third-order valence-corrected chi connectivity index (χ3v) is 6.93. The maximum atomic E-state index is 12.9. The van der Waals surface area contributed by atoms with E-state index >= 15 is 0 Å². The summed E-state index contributed by atoms with van der Waals surface area (Å²) in [6.45, 7) is 5.89. The Labute approximate surface area is 178 Å². The molecule has 1 amide bonds. The second kappa shape index (κ2) is 10.8. The van der Waals surface area contributed by atoms with E-state index in [1.54, 1.807) is 36.0 Å². The van der Waals surface area contributed by atoms with Crippen LogP contribution in [0.2, 0.25) is 0 Å². The van der Waals surface area contributed by atoms with E-state index in [0.29, 0.717) is 12.2 Å². The Morgan fingerprint density at radius 2 is 1.69 bits per heavy atom. The molecule has 2 rings (SSSR count). The second-order valence-electron chi connectivity index (χ2n) is 7.09. The Hall–Kier alpha value is -1.83. The average molecular weight is 435 g/mol. The summed E-state index contributed by atoms with van der Waals surface area (Å²) in [5.41, 5.74) is 3.19. The molecule has 0 aliphatic rings. The minimum absolute atomic E-state index is 0.160. The lowest BCUT2D eigenvalue weighted by Gasteiger charge is -2.21. The molecule has 0 aliphatic heterocycles. The molecule has 0 aromatic heterocycles. The molecule has 0 spiro atoms. The number of hydrogen-bond acceptors (Lipinski definition) is 4. The highest BCUT2D eigenvalue weighted by Gasteiger charge is 2.26. The molecule has 0 heterocycles. The van der Waals surface area contributed by atoms with Gasteiger partial charge in [0.15, 0.2) is 0 Å². The number of sulfonamides is 1. The predicted octanol–water partition coefficient (Wildman–Crippen LogP) is 3.83. The zero-order valence-corrected chi connectivity index (χ0v) is 19.1. The van der Waals surface area contributed by atoms with Crippen molar-refractivity contribution < 1.29 is 13.2 Å². The normalized spacial score (nSPS) is 13.7. The van der Waals surface area contributed by atoms with Crippen LogP contribution in [0.4, 0.5) is 0 Å². The van der Waals surface area contributed by atoms with Gasteiger partial charge in [0.25, 0.3) is 0 Å². The van der Waals surface area contributed by atoms with Gasteiger partial charge in [-0.25, -0.2) is 8.42 Å². The van der Waals surface area contributed by atoms with Gasteiger partial charge in [0.05, 0.1) is 10.9 Å². The maximum Gasteiger partial charge on any atom is 0.241 e. The van der Waals surface area contributed by atoms with Crippen molar-refractivity contribution in [2.24, 2.45) is 0 Å². The lowest BCUT2D eigenvalue weighted by molar-refractivity contribution is -0.123. The van der Waals surface area contributed by atoms with E-state index in [-0.39, 0.29) is 16.8 Å². The first-order valence-corrected chi connectivity index (χ1v) is 12.6. The van der Waals surface area contributed by atoms with Crippen LogP contribution >= 0.6 is 11.8 Å². The van der Waals surface area contributed by atoms with Gasteiger partial charge >= 0.3 is 0 Å². The molecule has 0 saturated heterocycles. The van der Waals surface area contributed by atoms with E-state index in [1.165, 1.54) is 5.56 Å². The molecule has 0 fully saturated rings. The summed E-state index contributed by atoms with van der Waals surface area (Å²) >= 11 is 1.58. The van der Waals surface area contributed by atoms with E-state index in [9.17, 15) is 13.2 Å². The number of nitrogens with one attached hydrogen (secondary N) is 2. The fourth-order valence-electron chi connectivity index (χ4n) is 2.89. The minimum atomic E-state index is -3.78. The molecule has 5 nitrogen and oxygen atoms in total. The highest BCUT2D eigenvalue weighted by Crippen LogP contribution is 2.16. The number of carbonyl (C=O) groups is 1. The van der Waals surface area contributed by atoms with Crippen molar-refractivity contribution >= 4 is 27.7 Å². The van der Waals surface area contributed by atoms with Crippen molar-refractivity contribution in [3.05, 3.63) is 65.2 Å². The highest BCUT2D eigenvalue weighted by molar-refractivity contribution is 7.98. The number of rotatable bonds is 10. The summed E-state index contributed by atoms with van der Waals surface area (Å²) < 4.78 is 28.1. The lowest BCUT2D eigenvalue weighted by atomic mass is 10.0. The largest absolute Gasteiger partial charge is 0.348 e. The van der Waals surface area contributed by atoms with Crippen molar-refractivity contribution in [2.75, 3.05) is 12.0 Å². The summed E-state index contributed by atoms with van der Waals surface area (Å²) in [5, 5.41) is 2.95. The Bertz CT molecular complexity index is 895. The zero-order chi connectivity index (χ0) is 21.4. The number of carbonyl (C=O) groups excluding carboxylic acids is 1. The predicted molar refractivity (Wildman–Crippen MR) is 121 cm³/mol. The highest BCUT2D eigenvalue weighted by atomic mass is 32.2. The molecule has 2 aromatic rings. The van der Waals surface area contributed by atoms with E-state index < -0.39 is 16.1 Å². The van der Waals surface area contributed by atoms with Crippen molar-refractivity contribution in [2.45, 2.75) is 50.6 Å². The molecule has 0 bridgehead atoms. The SMILES string of the molecule is CCc1ccc(C(C)NC(=O)C(CCSC)NS(=O)(=O)c2ccc(C)cc2)cc1. The number of aryl methyl sites for hydroxylation is 2. The van der Waals surface area contributed by atoms with Crippen molar-refractivity contribution in [1.82, 2.24) is 10.0 Å². The van der Waals surface area contributed by atoms with Crippen LogP contribution in [0.5, 0.6) is 0 Å². The molecule has 2 atom stereocenters. The number of hydrogen-bond donors (Lipinski definition) is 2. The topological polar surface area (TPSA) is 75.3 Å². The molecule has 0 radical (unpaired) electrons. The smallest absolute Gasteiger partial charge is 0.241 e. The van der Waals surface area contributed by atoms with E-state index in [2.05, 4.69) is 17.0 Å². The monoisotopic (exact) mass is 434 g/mol. The van der Waals surface area contributed by atoms with Crippen molar-refractivity contribution in [3.63, 3.8) is 0 Å². The first-order valence-electron chi connectivity index (χ1n) is 9.74. The molecule has 2 N–H and O–H groups in total. The van der Waals surface area contributed by atoms with Crippen LogP contribution < -0.4 is 10.0 Å². The van der Waals surface area contributed by atoms with Gasteiger partial charge in [0.2, 0.25) is 15.9 Å². The van der Waals surface area contributed by atoms with Crippen LogP contribution in [0.25, 0.3) is 0 Å². The Morgan fingerprint density at radius 3 is 2.24 bits per heavy atom. The van der Waals surface area contributed by atoms with Crippen LogP contribution in [0.15, 0.2) is 53.4 Å². The van der Waals surface area contributed by atoms with Crippen LogP contribution in [0, 0.1) is 6.92 Å². The van der Waals surface area contributed by atoms with Crippen molar-refractivity contribution in [1.29, 1.82) is 0 Å². The molecule has 0 saturated carbocycles. The molecule has 2 aromatic carbocycles. The van der Waals surface area contributed by atoms with Crippen LogP contribution in [-0.4, -0.2) is 32.4 Å². The molecular formula is C22H30N2O3S2. The molecule has 158 valence electrons. The summed E-state index contributed by atoms with van der Waals surface area (Å²) in [4.78, 5) is 13.0. The number of amides is 1. The summed E-state index contributed by atoms with van der Waals surface area (Å²) in [6.07, 6.45) is 3.31. The molecule has 0 aliphatic carbocycles. The fourth-order valence-corrected chi connectivity index (χ4v) is 4.59. The van der Waals surface area contributed by atoms with E-state index in [0.717, 1.165) is 17.5 Å². The third kappa shape index (κ3) is 6.87. The van der Waals surface area contributed by atoms with E-state index in [1.807, 2.05) is 44.4 Å². The Morgan fingerprint density at radius 1 is 1.07 bits per heavy atom. The quantitative estimate of drug-likeness (QED) is 0.596. The first-order chi connectivity index (χ1) is 13.8. The third-order valence-electron chi connectivity index (χ3n) is 4.80. The van der Waals surface area contributed by atoms with Crippen LogP contribution in [0.1, 0.15) is 43.0 Å². The Kier molecular flexibility index (Phi) is 8.74. The summed E-state index contributed by atoms with van der Waals surface area (Å²) in [6, 6.07) is 13.6. The van der Waals surface area contributed by atoms with Gasteiger partial charge in [-0.3, -0.25) is 4.79 Å². The maximum absolute atomic E-state index is 12.9. The van der Waals surface area contributed by atoms with Crippen molar-refractivity contribution in [3.8, 4) is 0 Å². The second-order valence-corrected chi connectivity index (χ2v) is 9.79. The number of thioether (sulfide) groups is 1. The van der Waals surface area contributed by atoms with E-state index in [4.69, 9.17) is 0 Å². The van der Waals surface area contributed by atoms with Gasteiger partial charge in [0.1, 0.15) is 6.04 Å². The fraction of sp³-hybridized carbons (Fsp3) is 0.409. The number of benzene rings is 2. The summed E-state index contributed by atoms with van der Waals surface area (Å²) in [5.74, 6) is 0.357. The molecule has 2 unspecified atom stereocenters. The lowest BCUT2D eigenvalue weighted by Crippen LogP contribution is -2.47. The molecule has 29 heavy (non-hydrogen) atoms. The Balaban J connectivity index is 2.12. The standard InChI is InChI=1S/C22H30N2O3S2/c1-5-18-8-10-19(11-9-18)17(3)23-22(25)21(14-15-28-4)24-29(26,27)20-12-6-16(2)7-13-20/h6-13,17,21,24H,5,14-15H2,1-4H3,(H,23,25). The molecular weight excluding hydrogens is 404 g/mol. The van der Waals surface area contributed by atoms with Gasteiger partial charge in [-0.2, -0.15) is 16.5 Å². The van der Waals surface area contributed by atoms with Gasteiger partial charge in [-0.1, -0.05) is 48.9 Å².